The first-order valence-electron chi connectivity index (χ1n) is 42.3. The van der Waals surface area contributed by atoms with Crippen molar-refractivity contribution in [3.05, 3.63) is 251 Å². The summed E-state index contributed by atoms with van der Waals surface area (Å²) in [4.78, 5) is 83.6. The number of nitrogen functional groups attached to an aromatic ring is 2. The fourth-order valence-corrected chi connectivity index (χ4v) is 17.9. The highest BCUT2D eigenvalue weighted by Gasteiger charge is 2.43. The topological polar surface area (TPSA) is 344 Å². The molecule has 2 unspecified atom stereocenters. The number of piperidine rings is 2. The van der Waals surface area contributed by atoms with Crippen LogP contribution in [0.2, 0.25) is 15.1 Å². The number of aryl methyl sites for hydroxylation is 9. The molecule has 24 nitrogen and oxygen atoms in total. The highest BCUT2D eigenvalue weighted by molar-refractivity contribution is 9.09. The molecule has 15 rings (SSSR count). The Kier molecular flexibility index (Phi) is 34.4. The molecule has 4 aliphatic heterocycles. The lowest BCUT2D eigenvalue weighted by molar-refractivity contribution is -0.152. The van der Waals surface area contributed by atoms with Gasteiger partial charge in [-0.05, 0) is 274 Å². The highest BCUT2D eigenvalue weighted by Crippen LogP contribution is 2.41. The first-order chi connectivity index (χ1) is 61.5. The molecule has 0 aliphatic carbocycles. The van der Waals surface area contributed by atoms with Gasteiger partial charge >= 0.3 is 0 Å². The smallest absolute Gasteiger partial charge is 0.255 e. The van der Waals surface area contributed by atoms with E-state index in [1.807, 2.05) is 79.7 Å². The number of imide groups is 2. The van der Waals surface area contributed by atoms with Crippen LogP contribution in [0.5, 0.6) is 0 Å². The van der Waals surface area contributed by atoms with Gasteiger partial charge in [0, 0.05) is 135 Å². The maximum atomic E-state index is 13.6. The number of likely N-dealkylation sites (tertiary alicyclic amines) is 1. The Morgan fingerprint density at radius 2 is 0.891 bits per heavy atom. The summed E-state index contributed by atoms with van der Waals surface area (Å²) in [5, 5.41) is 50.1. The normalized spacial score (nSPS) is 14.3. The van der Waals surface area contributed by atoms with Gasteiger partial charge in [-0.1, -0.05) is 147 Å². The van der Waals surface area contributed by atoms with Gasteiger partial charge in [0.2, 0.25) is 17.7 Å². The predicted octanol–water partition coefficient (Wildman–Crippen LogP) is 22.9. The van der Waals surface area contributed by atoms with Crippen LogP contribution in [0.3, 0.4) is 0 Å². The van der Waals surface area contributed by atoms with E-state index in [1.54, 1.807) is 71.6 Å². The fraction of sp³-hybridized carbons (Fsp3) is 0.327. The Morgan fingerprint density at radius 1 is 0.477 bits per heavy atom. The molecule has 2 saturated heterocycles. The Labute approximate surface area is 786 Å². The largest absolute Gasteiger partial charge is 0.399 e. The Morgan fingerprint density at radius 3 is 1.31 bits per heavy atom. The van der Waals surface area contributed by atoms with E-state index in [0.29, 0.717) is 99.7 Å². The molecule has 128 heavy (non-hydrogen) atoms. The van der Waals surface area contributed by atoms with Gasteiger partial charge in [-0.15, -0.1) is 0 Å². The molecule has 0 saturated carbocycles. The number of hydrogen-bond donors (Lipinski definition) is 4. The maximum Gasteiger partial charge on any atom is 0.255 e. The number of aromatic nitrogens is 3. The number of amides is 6. The van der Waals surface area contributed by atoms with Gasteiger partial charge in [-0.2, -0.15) is 15.8 Å². The second-order valence-electron chi connectivity index (χ2n) is 31.8. The summed E-state index contributed by atoms with van der Waals surface area (Å²) in [5.41, 5.74) is 34.6. The Hall–Kier alpha value is -11.6. The molecule has 6 N–H and O–H groups in total. The number of hydrogen-bond acceptors (Lipinski definition) is 20. The number of nitriles is 3. The minimum Gasteiger partial charge on any atom is -0.399 e. The molecule has 30 heteroatoms. The third-order valence-electron chi connectivity index (χ3n) is 22.8. The summed E-state index contributed by atoms with van der Waals surface area (Å²) in [7, 11) is 0. The quantitative estimate of drug-likeness (QED) is 0.0169. The summed E-state index contributed by atoms with van der Waals surface area (Å²) in [6.45, 7) is 20.2. The van der Waals surface area contributed by atoms with E-state index in [4.69, 9.17) is 65.1 Å². The number of nitrogens with zero attached hydrogens (tertiary/aromatic N) is 11. The van der Waals surface area contributed by atoms with Crippen LogP contribution in [0.15, 0.2) is 159 Å². The molecule has 7 heterocycles. The minimum atomic E-state index is -0.673. The molecule has 3 aromatic heterocycles. The van der Waals surface area contributed by atoms with Crippen LogP contribution in [0, 0.1) is 96.3 Å². The van der Waals surface area contributed by atoms with Crippen molar-refractivity contribution in [2.45, 2.75) is 171 Å². The standard InChI is InChI=1S/C37H37ClN6O4.C24H25BrClN3O.C19H16ClN3O.C13H13N3O3.C5H10Br2/c1-22-7-8-25(35-23(2)41-48-24(35)3)18-33(22)42(29-11-9-26(20-39)31(38)19-29)15-5-4-6-16-43-34(45)14-13-32(37(43)47)44-21-27-17-28(40)10-12-30(27)36(44)46;1-16-7-8-19(24-17(2)28-30-18(24)3)13-23(16)29(12-6-4-5-11-25)21-10-9-20(15-27)22(26)14-21;1-11-4-5-14(19-12(2)23-24-13(19)3)8-18(11)22-16-7-6-15(10-21)17(20)9-16;14-8-1-2-9-7(5-8)6-16(13(9)19)10-3-4-11(17)15-12(10)18;6-4-2-1-3-5-7/h7-12,17-19,32H,4-6,13-16,21,40H2,1-3H3;7-10,13-14H,4-6,11-12H2,1-3H3;4-9,22H,1-3H3;1-2,5,10H,3-4,6,14H2,(H,15,17,18);1-5H2. The number of carbonyl (C=O) groups excluding carboxylic acids is 6. The van der Waals surface area contributed by atoms with E-state index in [9.17, 15) is 39.3 Å². The van der Waals surface area contributed by atoms with Crippen LogP contribution in [-0.4, -0.2) is 113 Å². The van der Waals surface area contributed by atoms with Crippen molar-refractivity contribution in [1.29, 1.82) is 15.8 Å². The second kappa shape index (κ2) is 45.4. The zero-order valence-electron chi connectivity index (χ0n) is 72.9. The molecule has 11 aromatic rings. The van der Waals surface area contributed by atoms with Gasteiger partial charge in [0.05, 0.1) is 48.8 Å². The number of benzene rings is 8. The monoisotopic (exact) mass is 1970 g/mol. The van der Waals surface area contributed by atoms with Crippen molar-refractivity contribution >= 4 is 164 Å². The van der Waals surface area contributed by atoms with Crippen LogP contribution in [0.4, 0.5) is 45.5 Å². The van der Waals surface area contributed by atoms with Crippen molar-refractivity contribution < 1.29 is 42.3 Å². The molecule has 6 amide bonds. The molecule has 0 bridgehead atoms. The number of carbonyl (C=O) groups is 6. The minimum absolute atomic E-state index is 0.176. The molecular formula is C98H101Br3Cl3N15O9. The summed E-state index contributed by atoms with van der Waals surface area (Å²) in [5.74, 6) is 0.768. The van der Waals surface area contributed by atoms with Crippen LogP contribution in [0.25, 0.3) is 33.4 Å². The van der Waals surface area contributed by atoms with Gasteiger partial charge in [-0.3, -0.25) is 39.0 Å². The molecule has 664 valence electrons. The number of fused-ring (bicyclic) bond motifs is 2. The lowest BCUT2D eigenvalue weighted by atomic mass is 10.00. The van der Waals surface area contributed by atoms with Crippen LogP contribution in [-0.2, 0) is 32.3 Å². The van der Waals surface area contributed by atoms with Crippen LogP contribution >= 0.6 is 82.6 Å². The number of rotatable bonds is 26. The molecular weight excluding hydrogens is 1880 g/mol. The van der Waals surface area contributed by atoms with Crippen LogP contribution < -0.4 is 31.9 Å². The maximum absolute atomic E-state index is 13.6. The van der Waals surface area contributed by atoms with Crippen molar-refractivity contribution in [2.24, 2.45) is 0 Å². The van der Waals surface area contributed by atoms with Gasteiger partial charge in [0.25, 0.3) is 17.7 Å². The summed E-state index contributed by atoms with van der Waals surface area (Å²) in [6, 6.07) is 50.5. The van der Waals surface area contributed by atoms with Crippen molar-refractivity contribution in [1.82, 2.24) is 35.5 Å². The number of nitrogens with two attached hydrogens (primary N) is 2. The Bertz CT molecular complexity index is 6010. The van der Waals surface area contributed by atoms with Crippen molar-refractivity contribution in [3.8, 4) is 51.6 Å². The molecule has 2 atom stereocenters. The van der Waals surface area contributed by atoms with Crippen molar-refractivity contribution in [3.63, 3.8) is 0 Å². The average molecular weight is 1980 g/mol. The van der Waals surface area contributed by atoms with E-state index >= 15 is 0 Å². The van der Waals surface area contributed by atoms with Gasteiger partial charge in [0.15, 0.2) is 0 Å². The number of alkyl halides is 3. The Balaban J connectivity index is 0.000000170. The summed E-state index contributed by atoms with van der Waals surface area (Å²) in [6.07, 6.45) is 10.6. The van der Waals surface area contributed by atoms with E-state index in [-0.39, 0.29) is 42.4 Å². The second-order valence-corrected chi connectivity index (χ2v) is 35.4. The first kappa shape index (κ1) is 97.0. The SMILES string of the molecule is BrCCCCCBr.Cc1ccc(-c2c(C)noc2C)cc1N(CCCCCBr)c1ccc(C#N)c(Cl)c1.Cc1ccc(-c2c(C)noc2C)cc1N(CCCCCN1C(=O)CCC(N2Cc3cc(N)ccc3C2=O)C1=O)c1ccc(C#N)c(Cl)c1.Cc1ccc(-c2c(C)noc2C)cc1Nc1ccc(C#N)c(Cl)c1.Nc1ccc2c(c1)CN(C1CCC(=O)NC1=O)C2=O. The summed E-state index contributed by atoms with van der Waals surface area (Å²) >= 11 is 29.2. The number of unbranched alkanes of at least 4 members (excludes halogenated alkanes) is 6. The van der Waals surface area contributed by atoms with E-state index < -0.39 is 18.0 Å². The average Bonchev–Trinajstić information content (AvgIpc) is 1.64. The number of halogens is 6. The number of nitrogens with one attached hydrogen (secondary N) is 2. The fourth-order valence-electron chi connectivity index (χ4n) is 16.0. The number of anilines is 8. The van der Waals surface area contributed by atoms with Crippen LogP contribution in [0.1, 0.15) is 183 Å². The zero-order valence-corrected chi connectivity index (χ0v) is 79.9. The summed E-state index contributed by atoms with van der Waals surface area (Å²) < 4.78 is 16.1. The molecule has 0 radical (unpaired) electrons. The zero-order chi connectivity index (χ0) is 92.2. The molecule has 8 aromatic carbocycles. The van der Waals surface area contributed by atoms with Gasteiger partial charge in [0.1, 0.15) is 47.6 Å². The van der Waals surface area contributed by atoms with Gasteiger partial charge < -0.3 is 50.0 Å². The van der Waals surface area contributed by atoms with E-state index in [1.165, 1.54) is 34.6 Å². The van der Waals surface area contributed by atoms with Gasteiger partial charge in [-0.25, -0.2) is 0 Å². The van der Waals surface area contributed by atoms with Crippen molar-refractivity contribution in [2.75, 3.05) is 62.2 Å². The third kappa shape index (κ3) is 23.6. The van der Waals surface area contributed by atoms with E-state index in [0.717, 1.165) is 179 Å². The van der Waals surface area contributed by atoms with E-state index in [2.05, 4.69) is 163 Å². The first-order valence-corrected chi connectivity index (χ1v) is 46.8. The lowest BCUT2D eigenvalue weighted by Crippen LogP contribution is -2.54. The highest BCUT2D eigenvalue weighted by atomic mass is 79.9. The molecule has 0 spiro atoms. The predicted molar refractivity (Wildman–Crippen MR) is 515 cm³/mol. The molecule has 4 aliphatic rings. The lowest BCUT2D eigenvalue weighted by Gasteiger charge is -2.35. The third-order valence-corrected chi connectivity index (χ3v) is 25.4. The molecule has 2 fully saturated rings.